The predicted molar refractivity (Wildman–Crippen MR) is 125 cm³/mol. The lowest BCUT2D eigenvalue weighted by Crippen LogP contribution is -2.38. The van der Waals surface area contributed by atoms with E-state index >= 15 is 0 Å². The van der Waals surface area contributed by atoms with Gasteiger partial charge in [-0.3, -0.25) is 9.59 Å². The number of nitrogens with one attached hydrogen (secondary N) is 1. The van der Waals surface area contributed by atoms with E-state index in [1.165, 1.54) is 10.2 Å². The van der Waals surface area contributed by atoms with Crippen LogP contribution in [0.3, 0.4) is 0 Å². The van der Waals surface area contributed by atoms with Gasteiger partial charge in [-0.15, -0.1) is 0 Å². The van der Waals surface area contributed by atoms with Gasteiger partial charge in [0.15, 0.2) is 5.52 Å². The quantitative estimate of drug-likeness (QED) is 0.489. The first-order chi connectivity index (χ1) is 15.4. The molecule has 0 unspecified atom stereocenters. The summed E-state index contributed by atoms with van der Waals surface area (Å²) in [5.74, 6) is -0.238. The van der Waals surface area contributed by atoms with Gasteiger partial charge in [0.2, 0.25) is 5.91 Å². The van der Waals surface area contributed by atoms with Crippen LogP contribution in [0.4, 0.5) is 0 Å². The number of rotatable bonds is 7. The van der Waals surface area contributed by atoms with Gasteiger partial charge in [0.25, 0.3) is 5.56 Å². The number of carbonyl (C=O) groups is 1. The lowest BCUT2D eigenvalue weighted by atomic mass is 10.1. The summed E-state index contributed by atoms with van der Waals surface area (Å²) in [6.45, 7) is 5.59. The molecule has 164 valence electrons. The number of hydrogen-bond acceptors (Lipinski definition) is 4. The smallest absolute Gasteiger partial charge is 0.295 e. The van der Waals surface area contributed by atoms with Crippen molar-refractivity contribution in [2.45, 2.75) is 46.2 Å². The Morgan fingerprint density at radius 2 is 1.66 bits per heavy atom. The van der Waals surface area contributed by atoms with Crippen LogP contribution in [-0.2, 0) is 17.8 Å². The molecule has 0 aliphatic heterocycles. The van der Waals surface area contributed by atoms with Crippen LogP contribution in [-0.4, -0.2) is 31.5 Å². The largest absolute Gasteiger partial charge is 0.352 e. The molecule has 1 atom stereocenters. The van der Waals surface area contributed by atoms with Gasteiger partial charge in [0.05, 0.1) is 22.5 Å². The molecule has 7 heteroatoms. The zero-order valence-corrected chi connectivity index (χ0v) is 18.6. The molecule has 4 aromatic rings. The van der Waals surface area contributed by atoms with E-state index < -0.39 is 0 Å². The highest BCUT2D eigenvalue weighted by Crippen LogP contribution is 2.20. The number of para-hydroxylation sites is 1. The summed E-state index contributed by atoms with van der Waals surface area (Å²) in [5, 5.41) is 12.6. The fraction of sp³-hybridized carbons (Fsp3) is 0.280. The Morgan fingerprint density at radius 1 is 1.00 bits per heavy atom. The Balaban J connectivity index is 1.51. The van der Waals surface area contributed by atoms with Gasteiger partial charge in [0, 0.05) is 6.04 Å². The topological polar surface area (TPSA) is 81.8 Å². The standard InChI is InChI=1S/C25H27N5O2/c1-17(14-15-20-10-6-4-7-11-20)26-22(31)16-29-25(32)24-23(18(2)27-29)19(3)30(28-24)21-12-8-5-9-13-21/h4-13,17H,14-16H2,1-3H3,(H,26,31)/t17-/m1/s1. The molecule has 2 aromatic carbocycles. The molecule has 1 amide bonds. The van der Waals surface area contributed by atoms with Crippen LogP contribution in [0.2, 0.25) is 0 Å². The van der Waals surface area contributed by atoms with Crippen LogP contribution in [0, 0.1) is 13.8 Å². The third kappa shape index (κ3) is 4.46. The maximum atomic E-state index is 13.1. The molecular weight excluding hydrogens is 402 g/mol. The average Bonchev–Trinajstić information content (AvgIpc) is 3.15. The maximum Gasteiger partial charge on any atom is 0.295 e. The Bertz CT molecular complexity index is 1290. The summed E-state index contributed by atoms with van der Waals surface area (Å²) in [6.07, 6.45) is 1.69. The van der Waals surface area contributed by atoms with Crippen molar-refractivity contribution in [3.63, 3.8) is 0 Å². The van der Waals surface area contributed by atoms with Crippen molar-refractivity contribution in [1.82, 2.24) is 24.9 Å². The summed E-state index contributed by atoms with van der Waals surface area (Å²) in [4.78, 5) is 25.6. The molecule has 0 saturated heterocycles. The maximum absolute atomic E-state index is 13.1. The van der Waals surface area contributed by atoms with Crippen molar-refractivity contribution in [3.05, 3.63) is 88.0 Å². The van der Waals surface area contributed by atoms with E-state index in [1.54, 1.807) is 4.68 Å². The number of fused-ring (bicyclic) bond motifs is 1. The van der Waals surface area contributed by atoms with Crippen molar-refractivity contribution in [2.24, 2.45) is 0 Å². The number of hydrogen-bond donors (Lipinski definition) is 1. The van der Waals surface area contributed by atoms with Crippen molar-refractivity contribution in [3.8, 4) is 5.69 Å². The fourth-order valence-electron chi connectivity index (χ4n) is 3.97. The van der Waals surface area contributed by atoms with Gasteiger partial charge in [-0.2, -0.15) is 10.2 Å². The Hall–Kier alpha value is -3.74. The van der Waals surface area contributed by atoms with Crippen LogP contribution < -0.4 is 10.9 Å². The van der Waals surface area contributed by atoms with E-state index in [9.17, 15) is 9.59 Å². The van der Waals surface area contributed by atoms with Gasteiger partial charge < -0.3 is 5.32 Å². The SMILES string of the molecule is Cc1nn(CC(=O)N[C@H](C)CCc2ccccc2)c(=O)c2nn(-c3ccccc3)c(C)c12. The minimum Gasteiger partial charge on any atom is -0.352 e. The highest BCUT2D eigenvalue weighted by molar-refractivity contribution is 5.83. The monoisotopic (exact) mass is 429 g/mol. The van der Waals surface area contributed by atoms with E-state index in [1.807, 2.05) is 69.3 Å². The second-order valence-electron chi connectivity index (χ2n) is 8.10. The van der Waals surface area contributed by atoms with Crippen molar-refractivity contribution in [2.75, 3.05) is 0 Å². The molecule has 0 bridgehead atoms. The minimum atomic E-state index is -0.365. The fourth-order valence-corrected chi connectivity index (χ4v) is 3.97. The molecule has 0 spiro atoms. The Labute approximate surface area is 186 Å². The van der Waals surface area contributed by atoms with E-state index in [4.69, 9.17) is 0 Å². The van der Waals surface area contributed by atoms with Crippen LogP contribution in [0.1, 0.15) is 30.3 Å². The number of carbonyl (C=O) groups excluding carboxylic acids is 1. The van der Waals surface area contributed by atoms with Gasteiger partial charge >= 0.3 is 0 Å². The van der Waals surface area contributed by atoms with E-state index in [0.717, 1.165) is 29.6 Å². The second-order valence-corrected chi connectivity index (χ2v) is 8.10. The highest BCUT2D eigenvalue weighted by Gasteiger charge is 2.19. The minimum absolute atomic E-state index is 0.0113. The zero-order chi connectivity index (χ0) is 22.7. The lowest BCUT2D eigenvalue weighted by Gasteiger charge is -2.14. The zero-order valence-electron chi connectivity index (χ0n) is 18.6. The number of benzene rings is 2. The highest BCUT2D eigenvalue weighted by atomic mass is 16.2. The number of nitrogens with zero attached hydrogens (tertiary/aromatic N) is 4. The van der Waals surface area contributed by atoms with E-state index in [0.29, 0.717) is 11.2 Å². The van der Waals surface area contributed by atoms with Crippen molar-refractivity contribution >= 4 is 16.8 Å². The van der Waals surface area contributed by atoms with Gasteiger partial charge in [0.1, 0.15) is 6.54 Å². The molecule has 0 aliphatic rings. The third-order valence-corrected chi connectivity index (χ3v) is 5.60. The summed E-state index contributed by atoms with van der Waals surface area (Å²) >= 11 is 0. The average molecular weight is 430 g/mol. The Morgan fingerprint density at radius 3 is 2.34 bits per heavy atom. The summed E-state index contributed by atoms with van der Waals surface area (Å²) in [6, 6.07) is 19.8. The van der Waals surface area contributed by atoms with Crippen LogP contribution in [0.25, 0.3) is 16.6 Å². The molecule has 1 N–H and O–H groups in total. The molecule has 2 aromatic heterocycles. The normalized spacial score (nSPS) is 12.1. The first kappa shape index (κ1) is 21.5. The number of aromatic nitrogens is 4. The van der Waals surface area contributed by atoms with Gasteiger partial charge in [-0.1, -0.05) is 48.5 Å². The van der Waals surface area contributed by atoms with Crippen molar-refractivity contribution in [1.29, 1.82) is 0 Å². The first-order valence-corrected chi connectivity index (χ1v) is 10.8. The van der Waals surface area contributed by atoms with Crippen LogP contribution >= 0.6 is 0 Å². The molecule has 7 nitrogen and oxygen atoms in total. The first-order valence-electron chi connectivity index (χ1n) is 10.8. The number of aryl methyl sites for hydroxylation is 3. The molecule has 0 saturated carbocycles. The van der Waals surface area contributed by atoms with Crippen LogP contribution in [0.5, 0.6) is 0 Å². The lowest BCUT2D eigenvalue weighted by molar-refractivity contribution is -0.122. The number of amides is 1. The molecule has 2 heterocycles. The van der Waals surface area contributed by atoms with E-state index in [2.05, 4.69) is 27.6 Å². The molecule has 0 fully saturated rings. The molecular formula is C25H27N5O2. The summed E-state index contributed by atoms with van der Waals surface area (Å²) in [5.41, 5.74) is 3.58. The molecule has 0 aliphatic carbocycles. The summed E-state index contributed by atoms with van der Waals surface area (Å²) in [7, 11) is 0. The van der Waals surface area contributed by atoms with Gasteiger partial charge in [-0.25, -0.2) is 9.36 Å². The van der Waals surface area contributed by atoms with E-state index in [-0.39, 0.29) is 24.1 Å². The van der Waals surface area contributed by atoms with Crippen LogP contribution in [0.15, 0.2) is 65.5 Å². The molecule has 4 rings (SSSR count). The predicted octanol–water partition coefficient (Wildman–Crippen LogP) is 3.34. The van der Waals surface area contributed by atoms with Crippen molar-refractivity contribution < 1.29 is 4.79 Å². The summed E-state index contributed by atoms with van der Waals surface area (Å²) < 4.78 is 2.95. The van der Waals surface area contributed by atoms with Gasteiger partial charge in [-0.05, 0) is 51.3 Å². The third-order valence-electron chi connectivity index (χ3n) is 5.60. The molecule has 32 heavy (non-hydrogen) atoms. The second kappa shape index (κ2) is 9.18. The Kier molecular flexibility index (Phi) is 6.16. The molecule has 0 radical (unpaired) electrons.